The lowest BCUT2D eigenvalue weighted by molar-refractivity contribution is -0.145. The van der Waals surface area contributed by atoms with E-state index in [4.69, 9.17) is 4.74 Å². The van der Waals surface area contributed by atoms with Crippen molar-refractivity contribution in [1.29, 1.82) is 0 Å². The summed E-state index contributed by atoms with van der Waals surface area (Å²) in [5, 5.41) is 3.31. The van der Waals surface area contributed by atoms with Gasteiger partial charge in [0.05, 0.1) is 19.6 Å². The molecule has 2 atom stereocenters. The van der Waals surface area contributed by atoms with E-state index in [2.05, 4.69) is 35.6 Å². The van der Waals surface area contributed by atoms with Crippen molar-refractivity contribution in [2.24, 2.45) is 16.8 Å². The van der Waals surface area contributed by atoms with Crippen molar-refractivity contribution >= 4 is 23.7 Å². The van der Waals surface area contributed by atoms with E-state index < -0.39 is 0 Å². The molecule has 5 nitrogen and oxygen atoms in total. The van der Waals surface area contributed by atoms with Crippen molar-refractivity contribution < 1.29 is 9.53 Å². The highest BCUT2D eigenvalue weighted by Gasteiger charge is 2.36. The number of carbonyl (C=O) groups is 1. The Morgan fingerprint density at radius 2 is 2.33 bits per heavy atom. The molecule has 6 heteroatoms. The molecule has 0 amide bonds. The van der Waals surface area contributed by atoms with E-state index in [1.54, 1.807) is 0 Å². The molecule has 1 aliphatic heterocycles. The zero-order valence-electron chi connectivity index (χ0n) is 13.3. The number of hydrogen-bond donors (Lipinski definition) is 1. The van der Waals surface area contributed by atoms with E-state index in [-0.39, 0.29) is 17.8 Å². The number of rotatable bonds is 7. The van der Waals surface area contributed by atoms with Crippen molar-refractivity contribution in [3.63, 3.8) is 0 Å². The summed E-state index contributed by atoms with van der Waals surface area (Å²) < 4.78 is 4.88. The molecule has 1 rings (SSSR count). The van der Waals surface area contributed by atoms with Gasteiger partial charge in [0.2, 0.25) is 0 Å². The van der Waals surface area contributed by atoms with Crippen LogP contribution in [0.4, 0.5) is 0 Å². The van der Waals surface area contributed by atoms with Gasteiger partial charge in [0.25, 0.3) is 0 Å². The quantitative estimate of drug-likeness (QED) is 0.254. The zero-order valence-corrected chi connectivity index (χ0v) is 14.1. The molecule has 1 heterocycles. The number of guanidine groups is 1. The minimum atomic E-state index is -0.123. The van der Waals surface area contributed by atoms with Gasteiger partial charge in [0, 0.05) is 31.1 Å². The molecule has 0 radical (unpaired) electrons. The van der Waals surface area contributed by atoms with Crippen LogP contribution >= 0.6 is 11.8 Å². The topological polar surface area (TPSA) is 53.9 Å². The number of nitrogens with zero attached hydrogens (tertiary/aromatic N) is 2. The van der Waals surface area contributed by atoms with Gasteiger partial charge < -0.3 is 15.0 Å². The molecule has 120 valence electrons. The first-order valence-electron chi connectivity index (χ1n) is 7.43. The predicted octanol–water partition coefficient (Wildman–Crippen LogP) is 1.61. The third-order valence-corrected chi connectivity index (χ3v) is 4.43. The summed E-state index contributed by atoms with van der Waals surface area (Å²) >= 11 is 1.82. The number of carbonyl (C=O) groups excluding carboxylic acids is 1. The average molecular weight is 313 g/mol. The number of hydrogen-bond acceptors (Lipinski definition) is 4. The molecule has 1 fully saturated rings. The van der Waals surface area contributed by atoms with Gasteiger partial charge in [0.15, 0.2) is 5.96 Å². The van der Waals surface area contributed by atoms with Gasteiger partial charge in [-0.05, 0) is 12.8 Å². The van der Waals surface area contributed by atoms with E-state index in [1.807, 2.05) is 17.8 Å². The first-order valence-corrected chi connectivity index (χ1v) is 8.59. The maximum absolute atomic E-state index is 11.8. The second-order valence-corrected chi connectivity index (χ2v) is 6.26. The van der Waals surface area contributed by atoms with Gasteiger partial charge in [-0.25, -0.2) is 0 Å². The average Bonchev–Trinajstić information content (AvgIpc) is 2.87. The van der Waals surface area contributed by atoms with Crippen molar-refractivity contribution in [1.82, 2.24) is 10.2 Å². The Bertz CT molecular complexity index is 374. The molecule has 0 aromatic rings. The Morgan fingerprint density at radius 1 is 1.57 bits per heavy atom. The van der Waals surface area contributed by atoms with Gasteiger partial charge in [-0.3, -0.25) is 9.79 Å². The molecule has 0 aromatic heterocycles. The Balaban J connectivity index is 2.58. The smallest absolute Gasteiger partial charge is 0.310 e. The third-order valence-electron chi connectivity index (χ3n) is 3.48. The lowest BCUT2D eigenvalue weighted by Gasteiger charge is -2.21. The number of methoxy groups -OCH3 is 1. The largest absolute Gasteiger partial charge is 0.469 e. The summed E-state index contributed by atoms with van der Waals surface area (Å²) in [6.07, 6.45) is 1.91. The Kier molecular flexibility index (Phi) is 8.27. The van der Waals surface area contributed by atoms with Gasteiger partial charge >= 0.3 is 5.97 Å². The van der Waals surface area contributed by atoms with E-state index in [9.17, 15) is 4.79 Å². The van der Waals surface area contributed by atoms with Crippen LogP contribution < -0.4 is 5.32 Å². The van der Waals surface area contributed by atoms with Gasteiger partial charge in [-0.2, -0.15) is 11.8 Å². The number of ether oxygens (including phenoxy) is 1. The first-order chi connectivity index (χ1) is 10.1. The summed E-state index contributed by atoms with van der Waals surface area (Å²) in [5.41, 5.74) is 0. The molecule has 0 saturated carbocycles. The maximum Gasteiger partial charge on any atom is 0.310 e. The van der Waals surface area contributed by atoms with Crippen LogP contribution in [0.5, 0.6) is 0 Å². The van der Waals surface area contributed by atoms with Crippen LogP contribution in [0.3, 0.4) is 0 Å². The minimum Gasteiger partial charge on any atom is -0.469 e. The van der Waals surface area contributed by atoms with E-state index >= 15 is 0 Å². The van der Waals surface area contributed by atoms with E-state index in [0.717, 1.165) is 37.1 Å². The second-order valence-electron chi connectivity index (χ2n) is 5.11. The van der Waals surface area contributed by atoms with Crippen molar-refractivity contribution in [3.8, 4) is 0 Å². The molecular formula is C15H27N3O2S. The fourth-order valence-electron chi connectivity index (χ4n) is 2.41. The first kappa shape index (κ1) is 17.9. The number of thioether (sulfide) groups is 1. The normalized spacial score (nSPS) is 22.2. The third kappa shape index (κ3) is 5.61. The predicted molar refractivity (Wildman–Crippen MR) is 89.7 cm³/mol. The molecule has 2 unspecified atom stereocenters. The Morgan fingerprint density at radius 3 is 2.95 bits per heavy atom. The number of aliphatic imine (C=N–C) groups is 1. The van der Waals surface area contributed by atoms with Gasteiger partial charge in [0.1, 0.15) is 0 Å². The van der Waals surface area contributed by atoms with Gasteiger partial charge in [-0.1, -0.05) is 13.0 Å². The minimum absolute atomic E-state index is 0.0611. The highest BCUT2D eigenvalue weighted by Crippen LogP contribution is 2.24. The lowest BCUT2D eigenvalue weighted by atomic mass is 9.99. The van der Waals surface area contributed by atoms with Crippen LogP contribution in [-0.4, -0.2) is 61.6 Å². The van der Waals surface area contributed by atoms with Crippen LogP contribution in [0.15, 0.2) is 17.6 Å². The highest BCUT2D eigenvalue weighted by molar-refractivity contribution is 7.99. The second kappa shape index (κ2) is 9.71. The SMILES string of the molecule is C=CCSCCN=C(NCC)N1CC(C)C(C(=O)OC)C1. The molecular weight excluding hydrogens is 286 g/mol. The molecule has 0 bridgehead atoms. The highest BCUT2D eigenvalue weighted by atomic mass is 32.2. The molecule has 1 aliphatic rings. The Labute approximate surface area is 132 Å². The summed E-state index contributed by atoms with van der Waals surface area (Å²) in [5.74, 6) is 2.94. The fourth-order valence-corrected chi connectivity index (χ4v) is 2.96. The monoisotopic (exact) mass is 313 g/mol. The molecule has 21 heavy (non-hydrogen) atoms. The summed E-state index contributed by atoms with van der Waals surface area (Å²) in [7, 11) is 1.45. The molecule has 0 aliphatic carbocycles. The maximum atomic E-state index is 11.8. The van der Waals surface area contributed by atoms with Gasteiger partial charge in [-0.15, -0.1) is 6.58 Å². The standard InChI is InChI=1S/C15H27N3O2S/c1-5-8-21-9-7-17-15(16-6-2)18-10-12(3)13(11-18)14(19)20-4/h5,12-13H,1,6-11H2,2-4H3,(H,16,17). The van der Waals surface area contributed by atoms with Crippen molar-refractivity contribution in [2.45, 2.75) is 13.8 Å². The molecule has 0 aromatic carbocycles. The summed E-state index contributed by atoms with van der Waals surface area (Å²) in [6, 6.07) is 0. The van der Waals surface area contributed by atoms with Crippen molar-refractivity contribution in [3.05, 3.63) is 12.7 Å². The van der Waals surface area contributed by atoms with Crippen LogP contribution in [0.2, 0.25) is 0 Å². The van der Waals surface area contributed by atoms with Crippen LogP contribution in [0.25, 0.3) is 0 Å². The molecule has 0 spiro atoms. The number of nitrogens with one attached hydrogen (secondary N) is 1. The fraction of sp³-hybridized carbons (Fsp3) is 0.733. The molecule has 1 N–H and O–H groups in total. The summed E-state index contributed by atoms with van der Waals surface area (Å²) in [6.45, 7) is 11.0. The van der Waals surface area contributed by atoms with E-state index in [0.29, 0.717) is 6.54 Å². The van der Waals surface area contributed by atoms with Crippen molar-refractivity contribution in [2.75, 3.05) is 44.8 Å². The molecule has 1 saturated heterocycles. The van der Waals surface area contributed by atoms with Crippen LogP contribution in [0.1, 0.15) is 13.8 Å². The van der Waals surface area contributed by atoms with E-state index in [1.165, 1.54) is 7.11 Å². The lowest BCUT2D eigenvalue weighted by Crippen LogP contribution is -2.40. The zero-order chi connectivity index (χ0) is 15.7. The van der Waals surface area contributed by atoms with Crippen LogP contribution in [-0.2, 0) is 9.53 Å². The Hall–Kier alpha value is -1.17. The summed E-state index contributed by atoms with van der Waals surface area (Å²) in [4.78, 5) is 18.6. The number of likely N-dealkylation sites (tertiary alicyclic amines) is 1. The van der Waals surface area contributed by atoms with Crippen LogP contribution in [0, 0.1) is 11.8 Å². The number of esters is 1.